The molecule has 0 bridgehead atoms. The van der Waals surface area contributed by atoms with Crippen LogP contribution in [-0.2, 0) is 24.6 Å². The Morgan fingerprint density at radius 3 is 2.78 bits per heavy atom. The van der Waals surface area contributed by atoms with E-state index in [-0.39, 0.29) is 24.6 Å². The molecule has 0 unspecified atom stereocenters. The predicted molar refractivity (Wildman–Crippen MR) is 37.2 cm³/mol. The van der Waals surface area contributed by atoms with Crippen molar-refractivity contribution in [3.05, 3.63) is 0 Å². The van der Waals surface area contributed by atoms with Crippen molar-refractivity contribution in [1.82, 2.24) is 0 Å². The number of unbranched alkanes of at least 4 members (excludes halogenated alkanes) is 1. The summed E-state index contributed by atoms with van der Waals surface area (Å²) in [6.45, 7) is 2.31. The molecule has 1 rings (SSSR count). The van der Waals surface area contributed by atoms with Crippen molar-refractivity contribution in [3.63, 3.8) is 0 Å². The molecule has 0 radical (unpaired) electrons. The Balaban J connectivity index is 1.71. The third-order valence-electron chi connectivity index (χ3n) is 2.16. The molecule has 0 atom stereocenters. The van der Waals surface area contributed by atoms with Crippen molar-refractivity contribution in [2.45, 2.75) is 40.5 Å². The van der Waals surface area contributed by atoms with Crippen LogP contribution in [0, 0.1) is 5.92 Å². The van der Waals surface area contributed by atoms with Gasteiger partial charge < -0.3 is 0 Å². The predicted octanol–water partition coefficient (Wildman–Crippen LogP) is 3.12. The van der Waals surface area contributed by atoms with Gasteiger partial charge >= 0.3 is 71.0 Å². The maximum atomic E-state index is 2.31. The van der Waals surface area contributed by atoms with E-state index in [0.29, 0.717) is 0 Å². The van der Waals surface area contributed by atoms with Gasteiger partial charge in [0.05, 0.1) is 0 Å². The average Bonchev–Trinajstić information content (AvgIpc) is 2.63. The molecule has 0 saturated heterocycles. The van der Waals surface area contributed by atoms with Gasteiger partial charge in [-0.2, -0.15) is 0 Å². The summed E-state index contributed by atoms with van der Waals surface area (Å²) in [6.07, 6.45) is 6.16. The summed E-state index contributed by atoms with van der Waals surface area (Å²) in [5.41, 5.74) is 0. The molecule has 1 heteroatoms. The second-order valence-electron chi connectivity index (χ2n) is 3.29. The molecular formula is C8H16Hg. The van der Waals surface area contributed by atoms with E-state index in [4.69, 9.17) is 0 Å². The Hall–Kier alpha value is 0.935. The third kappa shape index (κ3) is 4.35. The summed E-state index contributed by atoms with van der Waals surface area (Å²) in [6, 6.07) is 0. The summed E-state index contributed by atoms with van der Waals surface area (Å²) >= 11 is -0.235. The van der Waals surface area contributed by atoms with Gasteiger partial charge in [0.25, 0.3) is 0 Å². The van der Waals surface area contributed by atoms with E-state index in [1.165, 1.54) is 12.3 Å². The molecule has 0 nitrogen and oxygen atoms in total. The molecule has 0 N–H and O–H groups in total. The zero-order valence-electron chi connectivity index (χ0n) is 6.53. The number of rotatable bonds is 5. The van der Waals surface area contributed by atoms with Gasteiger partial charge in [-0.15, -0.1) is 0 Å². The fraction of sp³-hybridized carbons (Fsp3) is 1.00. The molecule has 0 aromatic rings. The molecule has 0 aromatic heterocycles. The van der Waals surface area contributed by atoms with Crippen molar-refractivity contribution < 1.29 is 24.6 Å². The summed E-state index contributed by atoms with van der Waals surface area (Å²) in [5.74, 6) is 1.25. The van der Waals surface area contributed by atoms with Crippen molar-refractivity contribution in [2.24, 2.45) is 5.92 Å². The molecule has 1 saturated carbocycles. The molecular weight excluding hydrogens is 297 g/mol. The van der Waals surface area contributed by atoms with Gasteiger partial charge in [-0.25, -0.2) is 0 Å². The quantitative estimate of drug-likeness (QED) is 0.540. The fourth-order valence-electron chi connectivity index (χ4n) is 1.27. The average molecular weight is 313 g/mol. The van der Waals surface area contributed by atoms with Crippen LogP contribution in [0.25, 0.3) is 0 Å². The van der Waals surface area contributed by atoms with Crippen molar-refractivity contribution >= 4 is 0 Å². The van der Waals surface area contributed by atoms with E-state index in [2.05, 4.69) is 6.92 Å². The van der Waals surface area contributed by atoms with E-state index in [1.54, 1.807) is 27.1 Å². The van der Waals surface area contributed by atoms with Crippen LogP contribution in [0.4, 0.5) is 0 Å². The van der Waals surface area contributed by atoms with Crippen LogP contribution in [0.5, 0.6) is 0 Å². The van der Waals surface area contributed by atoms with Gasteiger partial charge in [0.2, 0.25) is 0 Å². The minimum absolute atomic E-state index is 0.235. The number of hydrogen-bond acceptors (Lipinski definition) is 0. The standard InChI is InChI=1S/C4H7.C4H9.Hg/c1-4-2-3-4;1-3-4-2;/h4H,1-3H2;1,3-4H2,2H3;. The Labute approximate surface area is 70.8 Å². The van der Waals surface area contributed by atoms with Gasteiger partial charge in [-0.1, -0.05) is 0 Å². The molecule has 0 aliphatic heterocycles. The Kier molecular flexibility index (Phi) is 4.20. The van der Waals surface area contributed by atoms with Crippen LogP contribution in [0.15, 0.2) is 0 Å². The van der Waals surface area contributed by atoms with Crippen LogP contribution >= 0.6 is 0 Å². The maximum absolute atomic E-state index is 2.31. The van der Waals surface area contributed by atoms with E-state index < -0.39 is 0 Å². The zero-order chi connectivity index (χ0) is 6.53. The summed E-state index contributed by atoms with van der Waals surface area (Å²) < 4.78 is 3.45. The Bertz CT molecular complexity index is 67.0. The molecule has 0 spiro atoms. The van der Waals surface area contributed by atoms with Gasteiger partial charge in [0.15, 0.2) is 0 Å². The van der Waals surface area contributed by atoms with Gasteiger partial charge in [-0.3, -0.25) is 0 Å². The van der Waals surface area contributed by atoms with E-state index >= 15 is 0 Å². The second kappa shape index (κ2) is 4.70. The van der Waals surface area contributed by atoms with Gasteiger partial charge in [0.1, 0.15) is 0 Å². The Morgan fingerprint density at radius 2 is 2.22 bits per heavy atom. The first-order chi connectivity index (χ1) is 4.43. The van der Waals surface area contributed by atoms with Crippen molar-refractivity contribution in [3.8, 4) is 0 Å². The Morgan fingerprint density at radius 1 is 1.44 bits per heavy atom. The molecule has 1 aliphatic carbocycles. The minimum atomic E-state index is -0.235. The first-order valence-corrected chi connectivity index (χ1v) is 12.2. The number of hydrogen-bond donors (Lipinski definition) is 0. The van der Waals surface area contributed by atoms with Crippen molar-refractivity contribution in [2.75, 3.05) is 0 Å². The SMILES string of the molecule is CCC[CH2][Hg][CH2]C1CC1. The van der Waals surface area contributed by atoms with Crippen LogP contribution in [0.2, 0.25) is 7.86 Å². The monoisotopic (exact) mass is 314 g/mol. The first-order valence-electron chi connectivity index (χ1n) is 4.43. The van der Waals surface area contributed by atoms with Gasteiger partial charge in [-0.05, 0) is 0 Å². The normalized spacial score (nSPS) is 17.4. The third-order valence-corrected chi connectivity index (χ3v) is 10.8. The molecule has 0 amide bonds. The molecule has 0 aromatic carbocycles. The summed E-state index contributed by atoms with van der Waals surface area (Å²) in [5, 5.41) is 0. The molecule has 1 aliphatic rings. The second-order valence-corrected chi connectivity index (χ2v) is 11.0. The van der Waals surface area contributed by atoms with Crippen LogP contribution in [0.3, 0.4) is 0 Å². The van der Waals surface area contributed by atoms with Gasteiger partial charge in [0, 0.05) is 0 Å². The van der Waals surface area contributed by atoms with Crippen LogP contribution in [0.1, 0.15) is 32.6 Å². The van der Waals surface area contributed by atoms with Crippen LogP contribution < -0.4 is 0 Å². The van der Waals surface area contributed by atoms with E-state index in [9.17, 15) is 0 Å². The summed E-state index contributed by atoms with van der Waals surface area (Å²) in [4.78, 5) is 0. The molecule has 9 heavy (non-hydrogen) atoms. The van der Waals surface area contributed by atoms with E-state index in [0.717, 1.165) is 0 Å². The molecule has 1 fully saturated rings. The molecule has 50 valence electrons. The van der Waals surface area contributed by atoms with E-state index in [1.807, 2.05) is 0 Å². The topological polar surface area (TPSA) is 0 Å². The van der Waals surface area contributed by atoms with Crippen molar-refractivity contribution in [1.29, 1.82) is 0 Å². The first kappa shape index (κ1) is 8.04. The zero-order valence-corrected chi connectivity index (χ0v) is 12.0. The fourth-order valence-corrected chi connectivity index (χ4v) is 10.2. The van der Waals surface area contributed by atoms with Crippen LogP contribution in [-0.4, -0.2) is 0 Å². The molecule has 0 heterocycles. The summed E-state index contributed by atoms with van der Waals surface area (Å²) in [7, 11) is 0.